The van der Waals surface area contributed by atoms with Gasteiger partial charge >= 0.3 is 5.97 Å². The lowest BCUT2D eigenvalue weighted by Crippen LogP contribution is -2.20. The van der Waals surface area contributed by atoms with Crippen molar-refractivity contribution in [1.29, 1.82) is 0 Å². The molecule has 0 aliphatic carbocycles. The third-order valence-corrected chi connectivity index (χ3v) is 2.13. The Morgan fingerprint density at radius 3 is 2.79 bits per heavy atom. The fourth-order valence-corrected chi connectivity index (χ4v) is 1.00. The lowest BCUT2D eigenvalue weighted by Gasteiger charge is -2.06. The Morgan fingerprint density at radius 1 is 1.71 bits per heavy atom. The number of aromatic carboxylic acids is 1. The van der Waals surface area contributed by atoms with E-state index in [2.05, 4.69) is 9.97 Å². The molecule has 5 heteroatoms. The lowest BCUT2D eigenvalue weighted by molar-refractivity contribution is 0.0694. The smallest absolute Gasteiger partial charge is 0.342 e. The van der Waals surface area contributed by atoms with Gasteiger partial charge in [-0.25, -0.2) is 9.78 Å². The molecule has 0 saturated heterocycles. The van der Waals surface area contributed by atoms with Crippen molar-refractivity contribution < 1.29 is 9.90 Å². The van der Waals surface area contributed by atoms with Crippen LogP contribution in [0.2, 0.25) is 0 Å². The first-order chi connectivity index (χ1) is 6.56. The van der Waals surface area contributed by atoms with Gasteiger partial charge < -0.3 is 10.1 Å². The van der Waals surface area contributed by atoms with Crippen molar-refractivity contribution in [3.05, 3.63) is 27.9 Å². The number of aromatic nitrogens is 2. The second-order valence-corrected chi connectivity index (χ2v) is 3.13. The summed E-state index contributed by atoms with van der Waals surface area (Å²) >= 11 is 0. The Morgan fingerprint density at radius 2 is 2.36 bits per heavy atom. The zero-order valence-electron chi connectivity index (χ0n) is 8.07. The molecule has 0 spiro atoms. The van der Waals surface area contributed by atoms with Crippen LogP contribution < -0.4 is 5.56 Å². The minimum absolute atomic E-state index is 0.130. The molecule has 76 valence electrons. The molecule has 1 atom stereocenters. The highest BCUT2D eigenvalue weighted by molar-refractivity contribution is 5.86. The van der Waals surface area contributed by atoms with Gasteiger partial charge in [-0.15, -0.1) is 0 Å². The predicted molar refractivity (Wildman–Crippen MR) is 50.5 cm³/mol. The molecule has 1 rings (SSSR count). The first-order valence-electron chi connectivity index (χ1n) is 4.38. The van der Waals surface area contributed by atoms with Crippen LogP contribution in [0.5, 0.6) is 0 Å². The maximum Gasteiger partial charge on any atom is 0.342 e. The summed E-state index contributed by atoms with van der Waals surface area (Å²) in [4.78, 5) is 28.1. The van der Waals surface area contributed by atoms with E-state index >= 15 is 0 Å². The molecule has 0 aliphatic rings. The summed E-state index contributed by atoms with van der Waals surface area (Å²) < 4.78 is 0. The average Bonchev–Trinajstić information content (AvgIpc) is 2.15. The number of carboxylic acid groups (broad SMARTS) is 1. The summed E-state index contributed by atoms with van der Waals surface area (Å²) in [5, 5.41) is 8.59. The molecule has 0 aliphatic heterocycles. The molecule has 0 radical (unpaired) electrons. The van der Waals surface area contributed by atoms with Crippen molar-refractivity contribution in [3.8, 4) is 0 Å². The van der Waals surface area contributed by atoms with Crippen molar-refractivity contribution in [2.45, 2.75) is 26.2 Å². The maximum atomic E-state index is 11.2. The van der Waals surface area contributed by atoms with Crippen LogP contribution in [0.1, 0.15) is 42.4 Å². The van der Waals surface area contributed by atoms with Gasteiger partial charge in [-0.2, -0.15) is 0 Å². The van der Waals surface area contributed by atoms with Gasteiger partial charge in [0.15, 0.2) is 0 Å². The molecule has 5 nitrogen and oxygen atoms in total. The topological polar surface area (TPSA) is 83.0 Å². The number of rotatable bonds is 3. The van der Waals surface area contributed by atoms with Crippen molar-refractivity contribution in [1.82, 2.24) is 9.97 Å². The molecular formula is C9H12N2O3. The molecule has 1 heterocycles. The van der Waals surface area contributed by atoms with Gasteiger partial charge in [-0.3, -0.25) is 4.79 Å². The van der Waals surface area contributed by atoms with Crippen LogP contribution in [0.3, 0.4) is 0 Å². The van der Waals surface area contributed by atoms with Gasteiger partial charge in [-0.05, 0) is 6.42 Å². The number of nitrogens with zero attached hydrogens (tertiary/aromatic N) is 1. The normalized spacial score (nSPS) is 12.4. The summed E-state index contributed by atoms with van der Waals surface area (Å²) in [7, 11) is 0. The Bertz CT molecular complexity index is 397. The summed E-state index contributed by atoms with van der Waals surface area (Å²) in [6.07, 6.45) is 1.94. The van der Waals surface area contributed by atoms with E-state index in [9.17, 15) is 9.59 Å². The number of carbonyl (C=O) groups is 1. The van der Waals surface area contributed by atoms with E-state index in [1.165, 1.54) is 0 Å². The summed E-state index contributed by atoms with van der Waals surface area (Å²) in [6.45, 7) is 3.88. The zero-order valence-corrected chi connectivity index (χ0v) is 8.07. The molecule has 0 amide bonds. The number of carboxylic acids is 1. The Labute approximate surface area is 80.8 Å². The van der Waals surface area contributed by atoms with Gasteiger partial charge in [0, 0.05) is 12.1 Å². The van der Waals surface area contributed by atoms with E-state index in [0.717, 1.165) is 12.6 Å². The third kappa shape index (κ3) is 1.99. The fourth-order valence-electron chi connectivity index (χ4n) is 1.00. The molecule has 0 bridgehead atoms. The van der Waals surface area contributed by atoms with Crippen LogP contribution in [0, 0.1) is 0 Å². The molecule has 1 aromatic heterocycles. The van der Waals surface area contributed by atoms with Gasteiger partial charge in [0.25, 0.3) is 5.56 Å². The van der Waals surface area contributed by atoms with Gasteiger partial charge in [0.2, 0.25) is 0 Å². The Hall–Kier alpha value is -1.65. The number of hydrogen-bond donors (Lipinski definition) is 2. The van der Waals surface area contributed by atoms with Gasteiger partial charge in [0.05, 0.1) is 0 Å². The Kier molecular flexibility index (Phi) is 3.01. The van der Waals surface area contributed by atoms with E-state index < -0.39 is 11.5 Å². The maximum absolute atomic E-state index is 11.2. The number of hydrogen-bond acceptors (Lipinski definition) is 3. The van der Waals surface area contributed by atoms with Crippen LogP contribution in [-0.2, 0) is 0 Å². The van der Waals surface area contributed by atoms with Crippen LogP contribution in [-0.4, -0.2) is 21.0 Å². The highest BCUT2D eigenvalue weighted by Crippen LogP contribution is 2.11. The largest absolute Gasteiger partial charge is 0.477 e. The van der Waals surface area contributed by atoms with E-state index in [1.807, 2.05) is 13.8 Å². The van der Waals surface area contributed by atoms with E-state index in [1.54, 1.807) is 0 Å². The van der Waals surface area contributed by atoms with E-state index in [0.29, 0.717) is 5.82 Å². The van der Waals surface area contributed by atoms with Crippen molar-refractivity contribution in [3.63, 3.8) is 0 Å². The van der Waals surface area contributed by atoms with Gasteiger partial charge in [-0.1, -0.05) is 13.8 Å². The molecule has 0 unspecified atom stereocenters. The second kappa shape index (κ2) is 4.04. The Balaban J connectivity index is 3.13. The molecule has 14 heavy (non-hydrogen) atoms. The monoisotopic (exact) mass is 196 g/mol. The van der Waals surface area contributed by atoms with E-state index in [4.69, 9.17) is 5.11 Å². The summed E-state index contributed by atoms with van der Waals surface area (Å²) in [6, 6.07) is 0. The molecule has 1 aromatic rings. The van der Waals surface area contributed by atoms with Crippen LogP contribution >= 0.6 is 0 Å². The van der Waals surface area contributed by atoms with Crippen LogP contribution in [0.25, 0.3) is 0 Å². The minimum atomic E-state index is -1.26. The SMILES string of the molecule is CC[C@@H](C)c1ncc(C(=O)O)c(=O)[nH]1. The predicted octanol–water partition coefficient (Wildman–Crippen LogP) is 0.982. The van der Waals surface area contributed by atoms with Crippen molar-refractivity contribution >= 4 is 5.97 Å². The number of H-pyrrole nitrogens is 1. The summed E-state index contributed by atoms with van der Waals surface area (Å²) in [5.74, 6) is -0.595. The number of aromatic amines is 1. The molecule has 0 fully saturated rings. The summed E-state index contributed by atoms with van der Waals surface area (Å²) in [5.41, 5.74) is -0.917. The number of nitrogens with one attached hydrogen (secondary N) is 1. The van der Waals surface area contributed by atoms with Crippen LogP contribution in [0.4, 0.5) is 0 Å². The zero-order chi connectivity index (χ0) is 10.7. The first-order valence-corrected chi connectivity index (χ1v) is 4.38. The first kappa shape index (κ1) is 10.4. The van der Waals surface area contributed by atoms with Crippen LogP contribution in [0.15, 0.2) is 11.0 Å². The fraction of sp³-hybridized carbons (Fsp3) is 0.444. The average molecular weight is 196 g/mol. The standard InChI is InChI=1S/C9H12N2O3/c1-3-5(2)7-10-4-6(9(13)14)8(12)11-7/h4-5H,3H2,1-2H3,(H,13,14)(H,10,11,12)/t5-/m1/s1. The highest BCUT2D eigenvalue weighted by Gasteiger charge is 2.11. The molecule has 0 aromatic carbocycles. The lowest BCUT2D eigenvalue weighted by atomic mass is 10.1. The second-order valence-electron chi connectivity index (χ2n) is 3.13. The minimum Gasteiger partial charge on any atom is -0.477 e. The van der Waals surface area contributed by atoms with Crippen molar-refractivity contribution in [2.24, 2.45) is 0 Å². The quantitative estimate of drug-likeness (QED) is 0.754. The van der Waals surface area contributed by atoms with Crippen molar-refractivity contribution in [2.75, 3.05) is 0 Å². The third-order valence-electron chi connectivity index (χ3n) is 2.13. The van der Waals surface area contributed by atoms with Gasteiger partial charge in [0.1, 0.15) is 11.4 Å². The molecule has 2 N–H and O–H groups in total. The molecular weight excluding hydrogens is 184 g/mol. The van der Waals surface area contributed by atoms with E-state index in [-0.39, 0.29) is 11.5 Å². The highest BCUT2D eigenvalue weighted by atomic mass is 16.4. The molecule has 0 saturated carbocycles.